The van der Waals surface area contributed by atoms with Crippen LogP contribution in [0.2, 0.25) is 0 Å². The Balaban J connectivity index is 2.37. The monoisotopic (exact) mass is 346 g/mol. The van der Waals surface area contributed by atoms with E-state index in [0.717, 1.165) is 16.2 Å². The topological polar surface area (TPSA) is 53.4 Å². The number of thiol groups is 1. The molecule has 0 bridgehead atoms. The fourth-order valence-electron chi connectivity index (χ4n) is 1.93. The molecule has 1 aromatic carbocycles. The molecular formula is C14H13F3N2O3S. The number of aromatic nitrogens is 2. The van der Waals surface area contributed by atoms with Crippen LogP contribution in [0.4, 0.5) is 13.2 Å². The third-order valence-corrected chi connectivity index (χ3v) is 3.12. The molecule has 0 aliphatic heterocycles. The first-order chi connectivity index (χ1) is 10.8. The fraction of sp³-hybridized carbons (Fsp3) is 0.286. The summed E-state index contributed by atoms with van der Waals surface area (Å²) in [5, 5.41) is 3.79. The molecule has 0 saturated heterocycles. The second-order valence-corrected chi connectivity index (χ2v) is 4.82. The van der Waals surface area contributed by atoms with Gasteiger partial charge in [-0.1, -0.05) is 6.07 Å². The average Bonchev–Trinajstić information content (AvgIpc) is 2.89. The summed E-state index contributed by atoms with van der Waals surface area (Å²) in [5.41, 5.74) is -1.44. The summed E-state index contributed by atoms with van der Waals surface area (Å²) in [4.78, 5) is 11.9. The maximum Gasteiger partial charge on any atom is 0.416 e. The number of alkyl halides is 3. The van der Waals surface area contributed by atoms with E-state index >= 15 is 0 Å². The number of carbonyl (C=O) groups is 1. The van der Waals surface area contributed by atoms with E-state index in [1.54, 1.807) is 6.92 Å². The van der Waals surface area contributed by atoms with Crippen LogP contribution in [0.3, 0.4) is 0 Å². The van der Waals surface area contributed by atoms with Crippen LogP contribution in [0.1, 0.15) is 28.4 Å². The summed E-state index contributed by atoms with van der Waals surface area (Å²) in [6.45, 7) is 1.15. The number of carbonyl (C=O) groups excluding carboxylic acids is 1. The van der Waals surface area contributed by atoms with Crippen molar-refractivity contribution in [2.45, 2.75) is 19.7 Å². The van der Waals surface area contributed by atoms with E-state index in [9.17, 15) is 18.0 Å². The smallest absolute Gasteiger partial charge is 0.416 e. The third-order valence-electron chi connectivity index (χ3n) is 2.89. The highest BCUT2D eigenvalue weighted by Gasteiger charge is 2.35. The van der Waals surface area contributed by atoms with E-state index in [1.165, 1.54) is 18.3 Å². The molecule has 2 aromatic rings. The van der Waals surface area contributed by atoms with Crippen LogP contribution in [0.15, 0.2) is 30.5 Å². The van der Waals surface area contributed by atoms with E-state index in [2.05, 4.69) is 17.9 Å². The molecule has 0 unspecified atom stereocenters. The van der Waals surface area contributed by atoms with Gasteiger partial charge in [0.15, 0.2) is 0 Å². The van der Waals surface area contributed by atoms with Crippen molar-refractivity contribution < 1.29 is 27.4 Å². The molecule has 1 aromatic heterocycles. The Hall–Kier alpha value is -2.16. The molecule has 0 radical (unpaired) electrons. The molecule has 0 aliphatic rings. The summed E-state index contributed by atoms with van der Waals surface area (Å²) in [5.74, 6) is -0.747. The molecular weight excluding hydrogens is 333 g/mol. The van der Waals surface area contributed by atoms with Gasteiger partial charge in [0.05, 0.1) is 17.7 Å². The van der Waals surface area contributed by atoms with Gasteiger partial charge in [0.1, 0.15) is 6.61 Å². The van der Waals surface area contributed by atoms with Gasteiger partial charge < -0.3 is 9.47 Å². The highest BCUT2D eigenvalue weighted by atomic mass is 32.1. The third kappa shape index (κ3) is 4.19. The number of halogens is 3. The van der Waals surface area contributed by atoms with Crippen molar-refractivity contribution in [2.75, 3.05) is 6.61 Å². The molecule has 0 atom stereocenters. The molecule has 0 saturated carbocycles. The Morgan fingerprint density at radius 2 is 2.09 bits per heavy atom. The first-order valence-corrected chi connectivity index (χ1v) is 6.97. The first kappa shape index (κ1) is 17.2. The number of hydrogen-bond acceptors (Lipinski definition) is 5. The zero-order valence-electron chi connectivity index (χ0n) is 12.0. The molecule has 0 fully saturated rings. The Labute approximate surface area is 135 Å². The maximum absolute atomic E-state index is 13.2. The van der Waals surface area contributed by atoms with E-state index in [-0.39, 0.29) is 23.6 Å². The zero-order chi connectivity index (χ0) is 17.0. The lowest BCUT2D eigenvalue weighted by atomic mass is 10.0. The number of esters is 1. The van der Waals surface area contributed by atoms with Crippen molar-refractivity contribution in [3.8, 4) is 5.88 Å². The SMILES string of the molecule is CCOC(=O)c1cccc(C(F)(F)F)c1COc1ccn(S)n1. The Morgan fingerprint density at radius 1 is 1.35 bits per heavy atom. The van der Waals surface area contributed by atoms with Crippen molar-refractivity contribution >= 4 is 18.8 Å². The first-order valence-electron chi connectivity index (χ1n) is 6.57. The van der Waals surface area contributed by atoms with E-state index in [0.29, 0.717) is 0 Å². The van der Waals surface area contributed by atoms with E-state index < -0.39 is 24.3 Å². The lowest BCUT2D eigenvalue weighted by Crippen LogP contribution is -2.17. The zero-order valence-corrected chi connectivity index (χ0v) is 12.9. The summed E-state index contributed by atoms with van der Waals surface area (Å²) < 4.78 is 50.7. The van der Waals surface area contributed by atoms with E-state index in [4.69, 9.17) is 9.47 Å². The quantitative estimate of drug-likeness (QED) is 0.666. The Morgan fingerprint density at radius 3 is 2.65 bits per heavy atom. The largest absolute Gasteiger partial charge is 0.472 e. The van der Waals surface area contributed by atoms with Crippen LogP contribution < -0.4 is 4.74 Å². The van der Waals surface area contributed by atoms with Gasteiger partial charge in [0.25, 0.3) is 0 Å². The van der Waals surface area contributed by atoms with Gasteiger partial charge in [0.2, 0.25) is 5.88 Å². The highest BCUT2D eigenvalue weighted by molar-refractivity contribution is 7.78. The van der Waals surface area contributed by atoms with Crippen molar-refractivity contribution in [2.24, 2.45) is 0 Å². The van der Waals surface area contributed by atoms with Gasteiger partial charge >= 0.3 is 12.1 Å². The van der Waals surface area contributed by atoms with Crippen LogP contribution in [0.25, 0.3) is 0 Å². The molecule has 9 heteroatoms. The number of hydrogen-bond donors (Lipinski definition) is 1. The molecule has 1 heterocycles. The maximum atomic E-state index is 13.2. The number of nitrogens with zero attached hydrogens (tertiary/aromatic N) is 2. The van der Waals surface area contributed by atoms with Gasteiger partial charge in [0, 0.05) is 17.8 Å². The minimum atomic E-state index is -4.62. The van der Waals surface area contributed by atoms with Crippen LogP contribution in [-0.4, -0.2) is 21.8 Å². The normalized spacial score (nSPS) is 11.3. The fourth-order valence-corrected chi connectivity index (χ4v) is 2.08. The highest BCUT2D eigenvalue weighted by Crippen LogP contribution is 2.34. The summed E-state index contributed by atoms with van der Waals surface area (Å²) in [7, 11) is 0. The van der Waals surface area contributed by atoms with Gasteiger partial charge in [-0.05, 0) is 31.9 Å². The molecule has 2 rings (SSSR count). The second-order valence-electron chi connectivity index (χ2n) is 4.41. The van der Waals surface area contributed by atoms with Gasteiger partial charge in [-0.15, -0.1) is 5.10 Å². The predicted molar refractivity (Wildman–Crippen MR) is 78.3 cm³/mol. The Kier molecular flexibility index (Phi) is 5.19. The lowest BCUT2D eigenvalue weighted by Gasteiger charge is -2.16. The summed E-state index contributed by atoms with van der Waals surface area (Å²) >= 11 is 3.90. The average molecular weight is 346 g/mol. The molecule has 0 amide bonds. The lowest BCUT2D eigenvalue weighted by molar-refractivity contribution is -0.138. The minimum absolute atomic E-state index is 0.0550. The number of rotatable bonds is 5. The number of ether oxygens (including phenoxy) is 2. The molecule has 124 valence electrons. The van der Waals surface area contributed by atoms with Gasteiger partial charge in [-0.25, -0.2) is 8.88 Å². The molecule has 23 heavy (non-hydrogen) atoms. The van der Waals surface area contributed by atoms with E-state index in [1.807, 2.05) is 0 Å². The van der Waals surface area contributed by atoms with Gasteiger partial charge in [-0.3, -0.25) is 0 Å². The van der Waals surface area contributed by atoms with Gasteiger partial charge in [-0.2, -0.15) is 13.2 Å². The van der Waals surface area contributed by atoms with Crippen LogP contribution in [0, 0.1) is 0 Å². The molecule has 0 spiro atoms. The standard InChI is InChI=1S/C14H13F3N2O3S/c1-2-21-13(20)9-4-3-5-11(14(15,16)17)10(9)8-22-12-6-7-19(23)18-12/h3-7,23H,2,8H2,1H3. The van der Waals surface area contributed by atoms with Crippen molar-refractivity contribution in [1.29, 1.82) is 0 Å². The molecule has 0 aliphatic carbocycles. The summed E-state index contributed by atoms with van der Waals surface area (Å²) in [6.07, 6.45) is -3.16. The predicted octanol–water partition coefficient (Wildman–Crippen LogP) is 3.35. The molecule has 0 N–H and O–H groups in total. The second kappa shape index (κ2) is 6.95. The van der Waals surface area contributed by atoms with Crippen LogP contribution in [-0.2, 0) is 17.5 Å². The minimum Gasteiger partial charge on any atom is -0.472 e. The van der Waals surface area contributed by atoms with Crippen molar-refractivity contribution in [3.63, 3.8) is 0 Å². The van der Waals surface area contributed by atoms with Crippen LogP contribution >= 0.6 is 12.8 Å². The van der Waals surface area contributed by atoms with Crippen LogP contribution in [0.5, 0.6) is 5.88 Å². The number of benzene rings is 1. The molecule has 5 nitrogen and oxygen atoms in total. The summed E-state index contributed by atoms with van der Waals surface area (Å²) in [6, 6.07) is 4.75. The van der Waals surface area contributed by atoms with Crippen molar-refractivity contribution in [1.82, 2.24) is 9.19 Å². The Bertz CT molecular complexity index is 701. The van der Waals surface area contributed by atoms with Crippen molar-refractivity contribution in [3.05, 3.63) is 47.2 Å².